The largest absolute Gasteiger partial charge is 0.462 e. The fourth-order valence-corrected chi connectivity index (χ4v) is 3.61. The Morgan fingerprint density at radius 2 is 1.94 bits per heavy atom. The Morgan fingerprint density at radius 1 is 1.28 bits per heavy atom. The minimum Gasteiger partial charge on any atom is -0.462 e. The maximum Gasteiger partial charge on any atom is 0.351 e. The number of halogens is 2. The summed E-state index contributed by atoms with van der Waals surface area (Å²) in [6.45, 7) is 3.42. The van der Waals surface area contributed by atoms with Crippen molar-refractivity contribution in [3.05, 3.63) is 22.7 Å². The van der Waals surface area contributed by atoms with Crippen LogP contribution in [0, 0.1) is 0 Å². The number of unbranched alkanes of at least 4 members (excludes halogenated alkanes) is 2. The first-order valence-electron chi connectivity index (χ1n) is 10.8. The van der Waals surface area contributed by atoms with E-state index >= 15 is 4.39 Å². The third-order valence-corrected chi connectivity index (χ3v) is 5.68. The molecule has 1 N–H and O–H groups in total. The van der Waals surface area contributed by atoms with Crippen molar-refractivity contribution < 1.29 is 28.2 Å². The average molecular weight is 476 g/mol. The van der Waals surface area contributed by atoms with E-state index in [2.05, 4.69) is 10.3 Å². The van der Waals surface area contributed by atoms with Gasteiger partial charge in [-0.15, -0.1) is 11.6 Å². The van der Waals surface area contributed by atoms with Crippen molar-refractivity contribution in [2.45, 2.75) is 76.5 Å². The summed E-state index contributed by atoms with van der Waals surface area (Å²) in [5.41, 5.74) is -2.41. The third kappa shape index (κ3) is 6.19. The fourth-order valence-electron chi connectivity index (χ4n) is 3.32. The van der Waals surface area contributed by atoms with Gasteiger partial charge in [0.1, 0.15) is 12.4 Å². The lowest BCUT2D eigenvalue weighted by molar-refractivity contribution is -0.174. The summed E-state index contributed by atoms with van der Waals surface area (Å²) in [7, 11) is 1.59. The van der Waals surface area contributed by atoms with Crippen LogP contribution >= 0.6 is 11.6 Å². The number of rotatable bonds is 12. The van der Waals surface area contributed by atoms with E-state index in [9.17, 15) is 14.4 Å². The lowest BCUT2D eigenvalue weighted by Crippen LogP contribution is -2.50. The Bertz CT molecular complexity index is 838. The van der Waals surface area contributed by atoms with Crippen LogP contribution in [0.25, 0.3) is 0 Å². The molecule has 0 amide bonds. The van der Waals surface area contributed by atoms with Gasteiger partial charge in [0.2, 0.25) is 0 Å². The SMILES string of the molecule is CCCCC(=O)OCC1(CCl)OC(n2ccc(NC)nc2=O)C(F)C1OC(=O)CCCC. The molecule has 0 saturated carbocycles. The number of hydrogen-bond acceptors (Lipinski definition) is 8. The van der Waals surface area contributed by atoms with Crippen LogP contribution in [0.4, 0.5) is 10.2 Å². The zero-order chi connectivity index (χ0) is 23.7. The van der Waals surface area contributed by atoms with Gasteiger partial charge in [0, 0.05) is 26.1 Å². The number of carbonyl (C=O) groups excluding carboxylic acids is 2. The molecule has 4 unspecified atom stereocenters. The number of ether oxygens (including phenoxy) is 3. The van der Waals surface area contributed by atoms with E-state index in [1.165, 1.54) is 12.3 Å². The van der Waals surface area contributed by atoms with Crippen molar-refractivity contribution in [1.29, 1.82) is 0 Å². The maximum absolute atomic E-state index is 15.6. The minimum atomic E-state index is -1.94. The van der Waals surface area contributed by atoms with Crippen LogP contribution in [0.2, 0.25) is 0 Å². The predicted molar refractivity (Wildman–Crippen MR) is 116 cm³/mol. The van der Waals surface area contributed by atoms with E-state index in [-0.39, 0.29) is 18.7 Å². The molecule has 1 aromatic rings. The molecule has 11 heteroatoms. The van der Waals surface area contributed by atoms with Crippen LogP contribution in [0.3, 0.4) is 0 Å². The van der Waals surface area contributed by atoms with E-state index in [0.29, 0.717) is 18.7 Å². The summed E-state index contributed by atoms with van der Waals surface area (Å²) in [5, 5.41) is 2.72. The van der Waals surface area contributed by atoms with Crippen LogP contribution in [-0.4, -0.2) is 58.9 Å². The highest BCUT2D eigenvalue weighted by atomic mass is 35.5. The van der Waals surface area contributed by atoms with Crippen molar-refractivity contribution in [2.24, 2.45) is 0 Å². The summed E-state index contributed by atoms with van der Waals surface area (Å²) >= 11 is 6.15. The van der Waals surface area contributed by atoms with E-state index in [1.807, 2.05) is 13.8 Å². The number of carbonyl (C=O) groups is 2. The quantitative estimate of drug-likeness (QED) is 0.363. The van der Waals surface area contributed by atoms with Gasteiger partial charge in [-0.25, -0.2) is 9.18 Å². The Labute approximate surface area is 191 Å². The molecule has 1 saturated heterocycles. The number of esters is 2. The summed E-state index contributed by atoms with van der Waals surface area (Å²) in [4.78, 5) is 40.6. The molecule has 0 spiro atoms. The summed E-state index contributed by atoms with van der Waals surface area (Å²) in [6, 6.07) is 1.48. The molecule has 9 nitrogen and oxygen atoms in total. The molecule has 2 rings (SSSR count). The standard InChI is InChI=1S/C21H31ClFN3O6/c1-4-6-8-15(27)30-13-21(12-22)18(31-16(28)9-7-5-2)17(23)19(32-21)26-11-10-14(24-3)25-20(26)29/h10-11,17-19H,4-9,12-13H2,1-3H3,(H,24,25,29). The van der Waals surface area contributed by atoms with Gasteiger partial charge < -0.3 is 19.5 Å². The topological polar surface area (TPSA) is 109 Å². The highest BCUT2D eigenvalue weighted by Crippen LogP contribution is 2.42. The van der Waals surface area contributed by atoms with E-state index in [4.69, 9.17) is 25.8 Å². The molecule has 0 aromatic carbocycles. The second-order valence-corrected chi connectivity index (χ2v) is 7.95. The molecule has 0 radical (unpaired) electrons. The minimum absolute atomic E-state index is 0.0947. The van der Waals surface area contributed by atoms with E-state index in [0.717, 1.165) is 17.4 Å². The monoisotopic (exact) mass is 475 g/mol. The van der Waals surface area contributed by atoms with Crippen LogP contribution in [0.5, 0.6) is 0 Å². The summed E-state index contributed by atoms with van der Waals surface area (Å²) < 4.78 is 33.1. The first kappa shape index (κ1) is 26.1. The Hall–Kier alpha value is -2.20. The summed E-state index contributed by atoms with van der Waals surface area (Å²) in [5.74, 6) is -1.14. The highest BCUT2D eigenvalue weighted by Gasteiger charge is 2.59. The molecule has 1 aliphatic rings. The first-order valence-corrected chi connectivity index (χ1v) is 11.3. The number of aromatic nitrogens is 2. The van der Waals surface area contributed by atoms with Gasteiger partial charge >= 0.3 is 17.6 Å². The van der Waals surface area contributed by atoms with Gasteiger partial charge in [0.15, 0.2) is 24.1 Å². The maximum atomic E-state index is 15.6. The Balaban J connectivity index is 2.32. The average Bonchev–Trinajstić information content (AvgIpc) is 3.06. The molecule has 0 aliphatic carbocycles. The molecule has 1 fully saturated rings. The summed E-state index contributed by atoms with van der Waals surface area (Å²) in [6.07, 6.45) is -0.492. The zero-order valence-electron chi connectivity index (χ0n) is 18.6. The zero-order valence-corrected chi connectivity index (χ0v) is 19.4. The molecular formula is C21H31ClFN3O6. The second kappa shape index (κ2) is 12.2. The smallest absolute Gasteiger partial charge is 0.351 e. The van der Waals surface area contributed by atoms with Crippen LogP contribution in [-0.2, 0) is 23.8 Å². The van der Waals surface area contributed by atoms with Crippen molar-refractivity contribution in [2.75, 3.05) is 24.9 Å². The fraction of sp³-hybridized carbons (Fsp3) is 0.714. The molecule has 1 aromatic heterocycles. The van der Waals surface area contributed by atoms with Crippen molar-refractivity contribution in [1.82, 2.24) is 9.55 Å². The van der Waals surface area contributed by atoms with Gasteiger partial charge in [-0.05, 0) is 18.9 Å². The molecule has 32 heavy (non-hydrogen) atoms. The lowest BCUT2D eigenvalue weighted by atomic mass is 9.98. The number of anilines is 1. The number of hydrogen-bond donors (Lipinski definition) is 1. The van der Waals surface area contributed by atoms with Gasteiger partial charge in [0.25, 0.3) is 0 Å². The van der Waals surface area contributed by atoms with Crippen molar-refractivity contribution in [3.8, 4) is 0 Å². The molecule has 4 atom stereocenters. The third-order valence-electron chi connectivity index (χ3n) is 5.23. The molecule has 2 heterocycles. The van der Waals surface area contributed by atoms with Gasteiger partial charge in [-0.2, -0.15) is 4.98 Å². The molecule has 180 valence electrons. The molecule has 1 aliphatic heterocycles. The molecule has 0 bridgehead atoms. The van der Waals surface area contributed by atoms with Crippen molar-refractivity contribution >= 4 is 29.4 Å². The highest BCUT2D eigenvalue weighted by molar-refractivity contribution is 6.18. The molecular weight excluding hydrogens is 445 g/mol. The van der Waals surface area contributed by atoms with Gasteiger partial charge in [-0.1, -0.05) is 26.7 Å². The first-order chi connectivity index (χ1) is 15.3. The van der Waals surface area contributed by atoms with E-state index < -0.39 is 48.3 Å². The van der Waals surface area contributed by atoms with Gasteiger partial charge in [0.05, 0.1) is 5.88 Å². The van der Waals surface area contributed by atoms with Gasteiger partial charge in [-0.3, -0.25) is 14.2 Å². The number of nitrogens with zero attached hydrogens (tertiary/aromatic N) is 2. The Kier molecular flexibility index (Phi) is 9.89. The second-order valence-electron chi connectivity index (χ2n) is 7.68. The predicted octanol–water partition coefficient (Wildman–Crippen LogP) is 2.96. The Morgan fingerprint density at radius 3 is 2.50 bits per heavy atom. The lowest BCUT2D eigenvalue weighted by Gasteiger charge is -2.31. The normalized spacial score (nSPS) is 24.8. The van der Waals surface area contributed by atoms with E-state index in [1.54, 1.807) is 7.05 Å². The van der Waals surface area contributed by atoms with Crippen molar-refractivity contribution in [3.63, 3.8) is 0 Å². The number of alkyl halides is 2. The van der Waals surface area contributed by atoms with Crippen LogP contribution in [0.1, 0.15) is 58.6 Å². The number of nitrogens with one attached hydrogen (secondary N) is 1. The van der Waals surface area contributed by atoms with Crippen LogP contribution in [0.15, 0.2) is 17.1 Å². The van der Waals surface area contributed by atoms with Crippen LogP contribution < -0.4 is 11.0 Å².